The minimum atomic E-state index is 0.578. The van der Waals surface area contributed by atoms with Crippen LogP contribution in [0.2, 0.25) is 0 Å². The van der Waals surface area contributed by atoms with Crippen LogP contribution in [0.3, 0.4) is 0 Å². The number of rotatable bonds is 3. The summed E-state index contributed by atoms with van der Waals surface area (Å²) in [6.07, 6.45) is 1.88. The number of nitrogens with one attached hydrogen (secondary N) is 1. The fraction of sp³-hybridized carbons (Fsp3) is 0.429. The zero-order chi connectivity index (χ0) is 12.4. The molecule has 0 spiro atoms. The first-order valence-electron chi connectivity index (χ1n) is 6.49. The van der Waals surface area contributed by atoms with Crippen molar-refractivity contribution in [1.82, 2.24) is 10.2 Å². The first-order valence-corrected chi connectivity index (χ1v) is 6.49. The van der Waals surface area contributed by atoms with Crippen LogP contribution in [-0.4, -0.2) is 31.1 Å². The molecule has 0 bridgehead atoms. The summed E-state index contributed by atoms with van der Waals surface area (Å²) in [5.74, 6) is 0. The molecule has 4 nitrogen and oxygen atoms in total. The van der Waals surface area contributed by atoms with Gasteiger partial charge in [-0.25, -0.2) is 0 Å². The topological polar surface area (TPSA) is 54.4 Å². The Bertz CT molecular complexity index is 529. The molecule has 1 saturated heterocycles. The highest BCUT2D eigenvalue weighted by Gasteiger charge is 2.13. The molecule has 0 aliphatic carbocycles. The third-order valence-corrected chi connectivity index (χ3v) is 3.56. The lowest BCUT2D eigenvalue weighted by atomic mass is 10.1. The Morgan fingerprint density at radius 1 is 1.28 bits per heavy atom. The van der Waals surface area contributed by atoms with Gasteiger partial charge in [0.1, 0.15) is 5.58 Å². The van der Waals surface area contributed by atoms with Crippen molar-refractivity contribution in [2.75, 3.05) is 26.2 Å². The van der Waals surface area contributed by atoms with Crippen LogP contribution < -0.4 is 11.1 Å². The van der Waals surface area contributed by atoms with Gasteiger partial charge in [0.05, 0.1) is 6.26 Å². The third kappa shape index (κ3) is 2.27. The monoisotopic (exact) mass is 245 g/mol. The second-order valence-corrected chi connectivity index (χ2v) is 4.82. The van der Waals surface area contributed by atoms with Gasteiger partial charge in [-0.05, 0) is 17.7 Å². The van der Waals surface area contributed by atoms with Crippen molar-refractivity contribution < 1.29 is 4.42 Å². The van der Waals surface area contributed by atoms with Gasteiger partial charge in [-0.2, -0.15) is 0 Å². The van der Waals surface area contributed by atoms with Crippen molar-refractivity contribution in [3.63, 3.8) is 0 Å². The molecule has 2 aromatic rings. The molecule has 1 aliphatic heterocycles. The van der Waals surface area contributed by atoms with Gasteiger partial charge in [0.25, 0.3) is 0 Å². The fourth-order valence-corrected chi connectivity index (χ4v) is 2.49. The van der Waals surface area contributed by atoms with E-state index in [9.17, 15) is 0 Å². The molecule has 0 amide bonds. The summed E-state index contributed by atoms with van der Waals surface area (Å²) in [6, 6.07) is 6.19. The van der Waals surface area contributed by atoms with Crippen molar-refractivity contribution >= 4 is 11.0 Å². The largest absolute Gasteiger partial charge is 0.464 e. The van der Waals surface area contributed by atoms with Crippen molar-refractivity contribution in [1.29, 1.82) is 0 Å². The van der Waals surface area contributed by atoms with E-state index in [2.05, 4.69) is 16.3 Å². The second kappa shape index (κ2) is 5.10. The quantitative estimate of drug-likeness (QED) is 0.855. The molecule has 3 N–H and O–H groups in total. The van der Waals surface area contributed by atoms with Crippen LogP contribution in [0.5, 0.6) is 0 Å². The number of fused-ring (bicyclic) bond motifs is 1. The highest BCUT2D eigenvalue weighted by Crippen LogP contribution is 2.23. The number of hydrogen-bond donors (Lipinski definition) is 2. The van der Waals surface area contributed by atoms with Crippen LogP contribution >= 0.6 is 0 Å². The second-order valence-electron chi connectivity index (χ2n) is 4.82. The van der Waals surface area contributed by atoms with E-state index in [-0.39, 0.29) is 0 Å². The SMILES string of the molecule is NCc1ccc2occ(CN3CCNCC3)c2c1. The van der Waals surface area contributed by atoms with E-state index in [4.69, 9.17) is 10.2 Å². The molecule has 0 atom stereocenters. The molecule has 1 aliphatic rings. The summed E-state index contributed by atoms with van der Waals surface area (Å²) >= 11 is 0. The Balaban J connectivity index is 1.86. The van der Waals surface area contributed by atoms with E-state index in [1.807, 2.05) is 18.4 Å². The van der Waals surface area contributed by atoms with E-state index in [1.54, 1.807) is 0 Å². The lowest BCUT2D eigenvalue weighted by Gasteiger charge is -2.26. The average Bonchev–Trinajstić information content (AvgIpc) is 2.82. The molecule has 1 fully saturated rings. The number of nitrogens with zero attached hydrogens (tertiary/aromatic N) is 1. The number of piperazine rings is 1. The maximum atomic E-state index is 5.69. The molecule has 1 aromatic carbocycles. The molecule has 18 heavy (non-hydrogen) atoms. The van der Waals surface area contributed by atoms with Gasteiger partial charge in [0.15, 0.2) is 0 Å². The zero-order valence-electron chi connectivity index (χ0n) is 10.5. The lowest BCUT2D eigenvalue weighted by Crippen LogP contribution is -2.42. The lowest BCUT2D eigenvalue weighted by molar-refractivity contribution is 0.233. The Morgan fingerprint density at radius 2 is 2.11 bits per heavy atom. The number of hydrogen-bond acceptors (Lipinski definition) is 4. The molecular formula is C14H19N3O. The molecule has 1 aromatic heterocycles. The summed E-state index contributed by atoms with van der Waals surface area (Å²) in [6.45, 7) is 5.89. The molecule has 0 saturated carbocycles. The Labute approximate surface area is 107 Å². The predicted molar refractivity (Wildman–Crippen MR) is 72.3 cm³/mol. The van der Waals surface area contributed by atoms with Crippen molar-refractivity contribution in [2.24, 2.45) is 5.73 Å². The van der Waals surface area contributed by atoms with Crippen LogP contribution in [0.25, 0.3) is 11.0 Å². The van der Waals surface area contributed by atoms with Gasteiger partial charge >= 0.3 is 0 Å². The fourth-order valence-electron chi connectivity index (χ4n) is 2.49. The minimum absolute atomic E-state index is 0.578. The number of furan rings is 1. The Hall–Kier alpha value is -1.36. The normalized spacial score (nSPS) is 17.4. The highest BCUT2D eigenvalue weighted by molar-refractivity contribution is 5.81. The molecule has 0 radical (unpaired) electrons. The van der Waals surface area contributed by atoms with Gasteiger partial charge < -0.3 is 15.5 Å². The first kappa shape index (κ1) is 11.7. The van der Waals surface area contributed by atoms with E-state index >= 15 is 0 Å². The van der Waals surface area contributed by atoms with E-state index in [0.717, 1.165) is 43.9 Å². The highest BCUT2D eigenvalue weighted by atomic mass is 16.3. The van der Waals surface area contributed by atoms with Crippen molar-refractivity contribution in [3.8, 4) is 0 Å². The third-order valence-electron chi connectivity index (χ3n) is 3.56. The van der Waals surface area contributed by atoms with Crippen LogP contribution in [0.4, 0.5) is 0 Å². The number of benzene rings is 1. The summed E-state index contributed by atoms with van der Waals surface area (Å²) in [7, 11) is 0. The Kier molecular flexibility index (Phi) is 3.32. The standard InChI is InChI=1S/C14H19N3O/c15-8-11-1-2-14-13(7-11)12(10-18-14)9-17-5-3-16-4-6-17/h1-2,7,10,16H,3-6,8-9,15H2. The van der Waals surface area contributed by atoms with Gasteiger partial charge in [-0.3, -0.25) is 4.90 Å². The minimum Gasteiger partial charge on any atom is -0.464 e. The average molecular weight is 245 g/mol. The molecule has 4 heteroatoms. The molecule has 0 unspecified atom stereocenters. The molecule has 2 heterocycles. The predicted octanol–water partition coefficient (Wildman–Crippen LogP) is 1.30. The molecule has 3 rings (SSSR count). The maximum absolute atomic E-state index is 5.69. The molecular weight excluding hydrogens is 226 g/mol. The maximum Gasteiger partial charge on any atom is 0.134 e. The van der Waals surface area contributed by atoms with Crippen LogP contribution in [0.15, 0.2) is 28.9 Å². The summed E-state index contributed by atoms with van der Waals surface area (Å²) in [5.41, 5.74) is 9.07. The van der Waals surface area contributed by atoms with Crippen molar-refractivity contribution in [2.45, 2.75) is 13.1 Å². The van der Waals surface area contributed by atoms with Gasteiger partial charge in [0, 0.05) is 50.2 Å². The van der Waals surface area contributed by atoms with Gasteiger partial charge in [-0.1, -0.05) is 6.07 Å². The van der Waals surface area contributed by atoms with E-state index < -0.39 is 0 Å². The van der Waals surface area contributed by atoms with E-state index in [1.165, 1.54) is 10.9 Å². The van der Waals surface area contributed by atoms with Gasteiger partial charge in [-0.15, -0.1) is 0 Å². The van der Waals surface area contributed by atoms with Crippen molar-refractivity contribution in [3.05, 3.63) is 35.6 Å². The summed E-state index contributed by atoms with van der Waals surface area (Å²) in [4.78, 5) is 2.45. The van der Waals surface area contributed by atoms with E-state index in [0.29, 0.717) is 6.54 Å². The Morgan fingerprint density at radius 3 is 2.89 bits per heavy atom. The van der Waals surface area contributed by atoms with Crippen LogP contribution in [0.1, 0.15) is 11.1 Å². The van der Waals surface area contributed by atoms with Crippen LogP contribution in [0, 0.1) is 0 Å². The molecule has 96 valence electrons. The summed E-state index contributed by atoms with van der Waals surface area (Å²) in [5, 5.41) is 4.57. The zero-order valence-corrected chi connectivity index (χ0v) is 10.5. The first-order chi connectivity index (χ1) is 8.86. The van der Waals surface area contributed by atoms with Crippen LogP contribution in [-0.2, 0) is 13.1 Å². The summed E-state index contributed by atoms with van der Waals surface area (Å²) < 4.78 is 5.61. The van der Waals surface area contributed by atoms with Gasteiger partial charge in [0.2, 0.25) is 0 Å². The number of nitrogens with two attached hydrogens (primary N) is 1. The smallest absolute Gasteiger partial charge is 0.134 e.